The molecular weight excluding hydrogens is 420 g/mol. The van der Waals surface area contributed by atoms with Crippen LogP contribution in [-0.2, 0) is 12.0 Å². The number of thiophene rings is 1. The molecule has 2 heterocycles. The lowest BCUT2D eigenvalue weighted by molar-refractivity contribution is 0.208. The smallest absolute Gasteiger partial charge is 0.154 e. The lowest BCUT2D eigenvalue weighted by atomic mass is 9.67. The molecule has 1 aromatic heterocycles. The van der Waals surface area contributed by atoms with E-state index in [2.05, 4.69) is 56.3 Å². The molecule has 0 amide bonds. The summed E-state index contributed by atoms with van der Waals surface area (Å²) < 4.78 is 5.30. The lowest BCUT2D eigenvalue weighted by Gasteiger charge is -2.44. The minimum Gasteiger partial charge on any atom is -0.497 e. The van der Waals surface area contributed by atoms with E-state index in [1.807, 2.05) is 23.5 Å². The Morgan fingerprint density at radius 1 is 1.00 bits per heavy atom. The van der Waals surface area contributed by atoms with E-state index in [0.29, 0.717) is 0 Å². The number of nitrogens with two attached hydrogens (primary N) is 1. The molecule has 160 valence electrons. The zero-order valence-electron chi connectivity index (χ0n) is 18.3. The van der Waals surface area contributed by atoms with Crippen molar-refractivity contribution in [2.45, 2.75) is 38.6 Å². The van der Waals surface area contributed by atoms with Crippen LogP contribution in [0.4, 0.5) is 0 Å². The maximum Gasteiger partial charge on any atom is 0.154 e. The zero-order valence-corrected chi connectivity index (χ0v) is 19.9. The Hall–Kier alpha value is -2.24. The molecule has 1 aliphatic carbocycles. The predicted octanol–water partition coefficient (Wildman–Crippen LogP) is 6.71. The SMILES string of the molecule is COc1ccc(-c2cccc(-c3cc4c(s3)CC(C)(C)CC43CCSC(N)=N3)c2)cc1. The Labute approximate surface area is 192 Å². The van der Waals surface area contributed by atoms with Gasteiger partial charge >= 0.3 is 0 Å². The summed E-state index contributed by atoms with van der Waals surface area (Å²) in [5.74, 6) is 1.92. The summed E-state index contributed by atoms with van der Waals surface area (Å²) in [4.78, 5) is 7.85. The van der Waals surface area contributed by atoms with E-state index in [0.717, 1.165) is 35.9 Å². The van der Waals surface area contributed by atoms with Crippen LogP contribution in [0.15, 0.2) is 59.6 Å². The second-order valence-electron chi connectivity index (χ2n) is 9.35. The third-order valence-electron chi connectivity index (χ3n) is 6.38. The molecule has 3 aromatic rings. The van der Waals surface area contributed by atoms with Crippen LogP contribution in [0.5, 0.6) is 5.75 Å². The van der Waals surface area contributed by atoms with Gasteiger partial charge in [0.25, 0.3) is 0 Å². The summed E-state index contributed by atoms with van der Waals surface area (Å²) in [5.41, 5.74) is 11.4. The zero-order chi connectivity index (χ0) is 21.6. The van der Waals surface area contributed by atoms with Crippen LogP contribution in [0.3, 0.4) is 0 Å². The highest BCUT2D eigenvalue weighted by Crippen LogP contribution is 2.54. The van der Waals surface area contributed by atoms with Crippen molar-refractivity contribution in [1.29, 1.82) is 0 Å². The molecule has 2 aromatic carbocycles. The highest BCUT2D eigenvalue weighted by molar-refractivity contribution is 8.13. The fourth-order valence-electron chi connectivity index (χ4n) is 5.06. The van der Waals surface area contributed by atoms with Gasteiger partial charge in [-0.2, -0.15) is 0 Å². The normalized spacial score (nSPS) is 22.1. The van der Waals surface area contributed by atoms with Gasteiger partial charge in [-0.3, -0.25) is 4.99 Å². The third-order valence-corrected chi connectivity index (χ3v) is 8.36. The van der Waals surface area contributed by atoms with Gasteiger partial charge in [0, 0.05) is 15.5 Å². The Kier molecular flexibility index (Phi) is 5.14. The average Bonchev–Trinajstić information content (AvgIpc) is 3.18. The third kappa shape index (κ3) is 3.90. The van der Waals surface area contributed by atoms with Crippen molar-refractivity contribution in [3.05, 3.63) is 65.0 Å². The van der Waals surface area contributed by atoms with Crippen molar-refractivity contribution >= 4 is 28.3 Å². The van der Waals surface area contributed by atoms with Gasteiger partial charge < -0.3 is 10.5 Å². The summed E-state index contributed by atoms with van der Waals surface area (Å²) in [5, 5.41) is 0.740. The van der Waals surface area contributed by atoms with Crippen LogP contribution in [0.2, 0.25) is 0 Å². The summed E-state index contributed by atoms with van der Waals surface area (Å²) >= 11 is 3.62. The number of ether oxygens (including phenoxy) is 1. The van der Waals surface area contributed by atoms with Crippen molar-refractivity contribution < 1.29 is 4.74 Å². The standard InChI is InChI=1S/C26H28N2OS2/c1-25(2)15-23-21(26(16-25)11-12-30-24(27)28-26)14-22(31-23)19-6-4-5-18(13-19)17-7-9-20(29-3)10-8-17/h4-10,13-14H,11-12,15-16H2,1-3H3,(H2,27,28). The van der Waals surface area contributed by atoms with Crippen LogP contribution < -0.4 is 10.5 Å². The molecule has 0 bridgehead atoms. The van der Waals surface area contributed by atoms with Gasteiger partial charge in [0.05, 0.1) is 12.6 Å². The second-order valence-corrected chi connectivity index (χ2v) is 11.6. The monoisotopic (exact) mass is 448 g/mol. The summed E-state index contributed by atoms with van der Waals surface area (Å²) in [6, 6.07) is 19.5. The molecule has 31 heavy (non-hydrogen) atoms. The molecule has 2 N–H and O–H groups in total. The summed E-state index contributed by atoms with van der Waals surface area (Å²) in [7, 11) is 1.70. The van der Waals surface area contributed by atoms with Crippen molar-refractivity contribution in [2.24, 2.45) is 16.1 Å². The highest BCUT2D eigenvalue weighted by Gasteiger charge is 2.46. The molecule has 5 rings (SSSR count). The second kappa shape index (κ2) is 7.72. The molecule has 3 nitrogen and oxygen atoms in total. The number of benzene rings is 2. The Bertz CT molecular complexity index is 1150. The van der Waals surface area contributed by atoms with Crippen molar-refractivity contribution in [3.63, 3.8) is 0 Å². The number of hydrogen-bond donors (Lipinski definition) is 1. The maximum absolute atomic E-state index is 6.22. The van der Waals surface area contributed by atoms with E-state index in [-0.39, 0.29) is 11.0 Å². The molecule has 1 aliphatic heterocycles. The van der Waals surface area contributed by atoms with Gasteiger partial charge in [-0.15, -0.1) is 11.3 Å². The lowest BCUT2D eigenvalue weighted by Crippen LogP contribution is -2.40. The quantitative estimate of drug-likeness (QED) is 0.484. The fourth-order valence-corrected chi connectivity index (χ4v) is 7.46. The average molecular weight is 449 g/mol. The molecule has 5 heteroatoms. The number of fused-ring (bicyclic) bond motifs is 2. The number of hydrogen-bond acceptors (Lipinski definition) is 5. The van der Waals surface area contributed by atoms with Crippen molar-refractivity contribution in [3.8, 4) is 27.3 Å². The van der Waals surface area contributed by atoms with Crippen LogP contribution in [-0.4, -0.2) is 18.0 Å². The number of aliphatic imine (C=N–C) groups is 1. The first-order valence-corrected chi connectivity index (χ1v) is 12.5. The molecule has 0 radical (unpaired) electrons. The van der Waals surface area contributed by atoms with E-state index in [4.69, 9.17) is 15.5 Å². The van der Waals surface area contributed by atoms with Gasteiger partial charge in [0.2, 0.25) is 0 Å². The van der Waals surface area contributed by atoms with Crippen LogP contribution >= 0.6 is 23.1 Å². The van der Waals surface area contributed by atoms with Gasteiger partial charge in [-0.05, 0) is 71.2 Å². The number of amidine groups is 1. The first-order chi connectivity index (χ1) is 14.9. The van der Waals surface area contributed by atoms with Crippen molar-refractivity contribution in [1.82, 2.24) is 0 Å². The van der Waals surface area contributed by atoms with E-state index in [1.165, 1.54) is 32.0 Å². The molecule has 0 fully saturated rings. The van der Waals surface area contributed by atoms with E-state index >= 15 is 0 Å². The Morgan fingerprint density at radius 3 is 2.52 bits per heavy atom. The number of nitrogens with zero attached hydrogens (tertiary/aromatic N) is 1. The van der Waals surface area contributed by atoms with E-state index in [9.17, 15) is 0 Å². The number of thioether (sulfide) groups is 1. The Morgan fingerprint density at radius 2 is 1.77 bits per heavy atom. The van der Waals surface area contributed by atoms with E-state index in [1.54, 1.807) is 18.9 Å². The molecule has 0 saturated heterocycles. The molecule has 2 aliphatic rings. The predicted molar refractivity (Wildman–Crippen MR) is 134 cm³/mol. The minimum atomic E-state index is -0.158. The van der Waals surface area contributed by atoms with Crippen LogP contribution in [0.1, 0.15) is 37.1 Å². The van der Waals surface area contributed by atoms with Gasteiger partial charge in [-0.1, -0.05) is 55.9 Å². The minimum absolute atomic E-state index is 0.158. The fraction of sp³-hybridized carbons (Fsp3) is 0.346. The van der Waals surface area contributed by atoms with Gasteiger partial charge in [0.1, 0.15) is 5.75 Å². The Balaban J connectivity index is 1.56. The first-order valence-electron chi connectivity index (χ1n) is 10.7. The number of rotatable bonds is 3. The summed E-state index contributed by atoms with van der Waals surface area (Å²) in [6.07, 6.45) is 3.24. The molecular formula is C26H28N2OS2. The van der Waals surface area contributed by atoms with E-state index < -0.39 is 0 Å². The van der Waals surface area contributed by atoms with Crippen LogP contribution in [0.25, 0.3) is 21.6 Å². The highest BCUT2D eigenvalue weighted by atomic mass is 32.2. The molecule has 0 saturated carbocycles. The van der Waals surface area contributed by atoms with Crippen LogP contribution in [0, 0.1) is 5.41 Å². The molecule has 1 spiro atoms. The van der Waals surface area contributed by atoms with Gasteiger partial charge in [0.15, 0.2) is 5.17 Å². The topological polar surface area (TPSA) is 47.6 Å². The largest absolute Gasteiger partial charge is 0.497 e. The summed E-state index contributed by atoms with van der Waals surface area (Å²) in [6.45, 7) is 4.74. The molecule has 1 unspecified atom stereocenters. The van der Waals surface area contributed by atoms with Crippen molar-refractivity contribution in [2.75, 3.05) is 12.9 Å². The maximum atomic E-state index is 6.22. The number of methoxy groups -OCH3 is 1. The van der Waals surface area contributed by atoms with Gasteiger partial charge in [-0.25, -0.2) is 0 Å². The first kappa shape index (κ1) is 20.7. The molecule has 1 atom stereocenters.